The fraction of sp³-hybridized carbons (Fsp3) is 0.208. The summed E-state index contributed by atoms with van der Waals surface area (Å²) in [4.78, 5) is 41.6. The summed E-state index contributed by atoms with van der Waals surface area (Å²) >= 11 is 1.39. The fourth-order valence-corrected chi connectivity index (χ4v) is 4.66. The number of nitrogens with zero attached hydrogens (tertiary/aromatic N) is 3. The molecule has 9 nitrogen and oxygen atoms in total. The molecule has 0 spiro atoms. The second-order valence-electron chi connectivity index (χ2n) is 8.64. The molecule has 0 saturated heterocycles. The second-order valence-corrected chi connectivity index (χ2v) is 9.47. The first-order chi connectivity index (χ1) is 16.2. The number of ketones is 1. The Bertz CT molecular complexity index is 1450. The number of nitrogens with one attached hydrogen (secondary N) is 2. The topological polar surface area (TPSA) is 115 Å². The third-order valence-electron chi connectivity index (χ3n) is 5.32. The molecule has 2 aromatic heterocycles. The van der Waals surface area contributed by atoms with Gasteiger partial charge in [-0.15, -0.1) is 16.4 Å². The van der Waals surface area contributed by atoms with Crippen LogP contribution in [0.5, 0.6) is 5.75 Å². The van der Waals surface area contributed by atoms with Crippen LogP contribution in [0.4, 0.5) is 11.6 Å². The van der Waals surface area contributed by atoms with Crippen molar-refractivity contribution in [3.05, 3.63) is 59.0 Å². The Morgan fingerprint density at radius 3 is 2.62 bits per heavy atom. The molecule has 0 bridgehead atoms. The normalized spacial score (nSPS) is 14.4. The number of hydrogen-bond acceptors (Lipinski definition) is 7. The van der Waals surface area contributed by atoms with E-state index in [0.717, 1.165) is 11.3 Å². The highest BCUT2D eigenvalue weighted by atomic mass is 32.1. The van der Waals surface area contributed by atoms with E-state index in [0.29, 0.717) is 27.5 Å². The maximum atomic E-state index is 12.8. The van der Waals surface area contributed by atoms with E-state index < -0.39 is 11.5 Å². The van der Waals surface area contributed by atoms with Crippen LogP contribution in [0, 0.1) is 0 Å². The molecule has 2 aromatic carbocycles. The molecule has 0 saturated carbocycles. The summed E-state index contributed by atoms with van der Waals surface area (Å²) in [5.41, 5.74) is 2.55. The number of Topliss-reactive ketones (excluding diaryl/α,β-unsaturated/α-hetero) is 1. The standard InChI is InChI=1S/C24H21N5O4S/c1-13(30)25-16-7-4-14(5-8-16)18-12-34-23-27-22(28-29(18)23)26-21(32)15-6-9-20-17(10-15)19(31)11-24(2,3)33-20/h4-10,12H,11H2,1-3H3,(H,25,30)(H,26,28,32). The molecule has 1 aliphatic heterocycles. The van der Waals surface area contributed by atoms with Gasteiger partial charge in [0.2, 0.25) is 10.9 Å². The van der Waals surface area contributed by atoms with Gasteiger partial charge in [0.1, 0.15) is 11.4 Å². The van der Waals surface area contributed by atoms with E-state index >= 15 is 0 Å². The van der Waals surface area contributed by atoms with Crippen molar-refractivity contribution in [1.82, 2.24) is 14.6 Å². The number of aromatic nitrogens is 3. The molecule has 2 N–H and O–H groups in total. The molecular formula is C24H21N5O4S. The molecule has 3 heterocycles. The van der Waals surface area contributed by atoms with Crippen molar-refractivity contribution in [2.75, 3.05) is 10.6 Å². The molecule has 0 radical (unpaired) electrons. The zero-order valence-corrected chi connectivity index (χ0v) is 19.5. The highest BCUT2D eigenvalue weighted by Crippen LogP contribution is 2.33. The van der Waals surface area contributed by atoms with Crippen LogP contribution >= 0.6 is 11.3 Å². The van der Waals surface area contributed by atoms with Crippen molar-refractivity contribution in [3.63, 3.8) is 0 Å². The predicted molar refractivity (Wildman–Crippen MR) is 129 cm³/mol. The summed E-state index contributed by atoms with van der Waals surface area (Å²) in [6.07, 6.45) is 0.249. The number of benzene rings is 2. The number of amides is 2. The molecular weight excluding hydrogens is 454 g/mol. The first-order valence-electron chi connectivity index (χ1n) is 10.6. The van der Waals surface area contributed by atoms with Gasteiger partial charge in [-0.05, 0) is 44.2 Å². The van der Waals surface area contributed by atoms with Gasteiger partial charge in [0, 0.05) is 29.1 Å². The van der Waals surface area contributed by atoms with E-state index in [-0.39, 0.29) is 24.1 Å². The molecule has 34 heavy (non-hydrogen) atoms. The van der Waals surface area contributed by atoms with Crippen LogP contribution in [0.25, 0.3) is 16.2 Å². The molecule has 172 valence electrons. The zero-order chi connectivity index (χ0) is 24.0. The highest BCUT2D eigenvalue weighted by molar-refractivity contribution is 7.15. The first-order valence-corrected chi connectivity index (χ1v) is 11.5. The molecule has 0 unspecified atom stereocenters. The Kier molecular flexibility index (Phi) is 5.17. The molecule has 0 atom stereocenters. The number of carbonyl (C=O) groups is 3. The minimum atomic E-state index is -0.568. The Hall–Kier alpha value is -4.05. The Morgan fingerprint density at radius 1 is 1.12 bits per heavy atom. The van der Waals surface area contributed by atoms with Gasteiger partial charge in [0.25, 0.3) is 11.9 Å². The van der Waals surface area contributed by atoms with Gasteiger partial charge in [-0.3, -0.25) is 19.7 Å². The average molecular weight is 476 g/mol. The van der Waals surface area contributed by atoms with Gasteiger partial charge < -0.3 is 10.1 Å². The molecule has 0 aliphatic carbocycles. The number of anilines is 2. The lowest BCUT2D eigenvalue weighted by Crippen LogP contribution is -2.36. The summed E-state index contributed by atoms with van der Waals surface area (Å²) in [6.45, 7) is 5.17. The van der Waals surface area contributed by atoms with E-state index in [2.05, 4.69) is 20.7 Å². The van der Waals surface area contributed by atoms with E-state index in [9.17, 15) is 14.4 Å². The number of hydrogen-bond donors (Lipinski definition) is 2. The van der Waals surface area contributed by atoms with Gasteiger partial charge >= 0.3 is 0 Å². The van der Waals surface area contributed by atoms with Crippen LogP contribution in [0.1, 0.15) is 47.9 Å². The van der Waals surface area contributed by atoms with E-state index in [4.69, 9.17) is 4.74 Å². The van der Waals surface area contributed by atoms with Gasteiger partial charge in [-0.2, -0.15) is 4.98 Å². The third-order valence-corrected chi connectivity index (χ3v) is 6.14. The SMILES string of the molecule is CC(=O)Nc1ccc(-c2csc3nc(NC(=O)c4ccc5c(c4)C(=O)CC(C)(C)O5)nn23)cc1. The van der Waals surface area contributed by atoms with Gasteiger partial charge in [0.15, 0.2) is 5.78 Å². The van der Waals surface area contributed by atoms with Crippen LogP contribution in [0.15, 0.2) is 47.8 Å². The summed E-state index contributed by atoms with van der Waals surface area (Å²) in [7, 11) is 0. The van der Waals surface area contributed by atoms with Gasteiger partial charge in [0.05, 0.1) is 17.7 Å². The van der Waals surface area contributed by atoms with E-state index in [1.807, 2.05) is 43.5 Å². The smallest absolute Gasteiger partial charge is 0.258 e. The Labute approximate surface area is 198 Å². The van der Waals surface area contributed by atoms with Crippen LogP contribution in [-0.2, 0) is 4.79 Å². The molecule has 5 rings (SSSR count). The van der Waals surface area contributed by atoms with Crippen LogP contribution in [-0.4, -0.2) is 37.8 Å². The van der Waals surface area contributed by atoms with Gasteiger partial charge in [-0.1, -0.05) is 12.1 Å². The van der Waals surface area contributed by atoms with Crippen molar-refractivity contribution in [3.8, 4) is 17.0 Å². The summed E-state index contributed by atoms with van der Waals surface area (Å²) < 4.78 is 7.51. The monoisotopic (exact) mass is 475 g/mol. The Balaban J connectivity index is 1.37. The number of fused-ring (bicyclic) bond motifs is 2. The number of ether oxygens (including phenoxy) is 1. The number of thiazole rings is 1. The van der Waals surface area contributed by atoms with Crippen molar-refractivity contribution >= 4 is 45.5 Å². The second kappa shape index (κ2) is 8.07. The zero-order valence-electron chi connectivity index (χ0n) is 18.7. The maximum Gasteiger partial charge on any atom is 0.258 e. The lowest BCUT2D eigenvalue weighted by atomic mass is 9.92. The highest BCUT2D eigenvalue weighted by Gasteiger charge is 2.33. The molecule has 1 aliphatic rings. The van der Waals surface area contributed by atoms with Crippen molar-refractivity contribution in [1.29, 1.82) is 0 Å². The van der Waals surface area contributed by atoms with E-state index in [1.54, 1.807) is 22.7 Å². The van der Waals surface area contributed by atoms with Crippen molar-refractivity contribution < 1.29 is 19.1 Å². The lowest BCUT2D eigenvalue weighted by Gasteiger charge is -2.31. The largest absolute Gasteiger partial charge is 0.487 e. The van der Waals surface area contributed by atoms with E-state index in [1.165, 1.54) is 18.3 Å². The third kappa shape index (κ3) is 4.15. The minimum absolute atomic E-state index is 0.0595. The molecule has 10 heteroatoms. The number of rotatable bonds is 4. The summed E-state index contributed by atoms with van der Waals surface area (Å²) in [5, 5.41) is 11.8. The van der Waals surface area contributed by atoms with Crippen molar-refractivity contribution in [2.45, 2.75) is 32.8 Å². The quantitative estimate of drug-likeness (QED) is 0.452. The average Bonchev–Trinajstić information content (AvgIpc) is 3.33. The van der Waals surface area contributed by atoms with Crippen LogP contribution in [0.3, 0.4) is 0 Å². The minimum Gasteiger partial charge on any atom is -0.487 e. The lowest BCUT2D eigenvalue weighted by molar-refractivity contribution is -0.114. The van der Waals surface area contributed by atoms with Crippen LogP contribution < -0.4 is 15.4 Å². The van der Waals surface area contributed by atoms with Crippen molar-refractivity contribution in [2.24, 2.45) is 0 Å². The predicted octanol–water partition coefficient (Wildman–Crippen LogP) is 4.41. The molecule has 0 fully saturated rings. The van der Waals surface area contributed by atoms with Gasteiger partial charge in [-0.25, -0.2) is 4.52 Å². The summed E-state index contributed by atoms with van der Waals surface area (Å²) in [5.74, 6) is 0.0274. The summed E-state index contributed by atoms with van der Waals surface area (Å²) in [6, 6.07) is 12.2. The fourth-order valence-electron chi connectivity index (χ4n) is 3.83. The molecule has 4 aromatic rings. The van der Waals surface area contributed by atoms with Crippen LogP contribution in [0.2, 0.25) is 0 Å². The first kappa shape index (κ1) is 21.8. The molecule has 2 amide bonds. The Morgan fingerprint density at radius 2 is 1.88 bits per heavy atom. The number of carbonyl (C=O) groups excluding carboxylic acids is 3. The maximum absolute atomic E-state index is 12.8.